The number of nitrogens with one attached hydrogen (secondary N) is 2. The van der Waals surface area contributed by atoms with Crippen LogP contribution in [0.5, 0.6) is 0 Å². The fourth-order valence-electron chi connectivity index (χ4n) is 5.40. The van der Waals surface area contributed by atoms with Gasteiger partial charge in [-0.05, 0) is 80.1 Å². The number of carbonyl (C=O) groups is 3. The lowest BCUT2D eigenvalue weighted by atomic mass is 9.91. The van der Waals surface area contributed by atoms with Crippen molar-refractivity contribution in [3.63, 3.8) is 0 Å². The third-order valence-corrected chi connectivity index (χ3v) is 8.00. The molecule has 0 radical (unpaired) electrons. The number of amides is 3. The number of pyridine rings is 1. The molecule has 3 aromatic rings. The molecule has 1 aromatic heterocycles. The molecule has 0 unspecified atom stereocenters. The molecule has 0 spiro atoms. The molecule has 2 atom stereocenters. The van der Waals surface area contributed by atoms with Crippen molar-refractivity contribution >= 4 is 46.5 Å². The second kappa shape index (κ2) is 12.1. The van der Waals surface area contributed by atoms with Gasteiger partial charge in [-0.15, -0.1) is 0 Å². The summed E-state index contributed by atoms with van der Waals surface area (Å²) in [7, 11) is 1.23. The molecule has 9 nitrogen and oxygen atoms in total. The van der Waals surface area contributed by atoms with Gasteiger partial charge in [0.05, 0.1) is 35.1 Å². The molecule has 0 saturated carbocycles. The van der Waals surface area contributed by atoms with Crippen LogP contribution in [-0.4, -0.2) is 52.2 Å². The number of rotatable bonds is 3. The minimum atomic E-state index is -1.76. The highest BCUT2D eigenvalue weighted by Crippen LogP contribution is 2.38. The SMILES string of the molecule is COC(=O)Nc1ccc2c(c1)NC(=O)[C@@](C)(O)CCC[C@H](N1CCC(c3c(F)ccc(Cl)c3F)=CC1=O)c1cc-2ccn1. The molecule has 224 valence electrons. The van der Waals surface area contributed by atoms with E-state index in [1.165, 1.54) is 20.1 Å². The molecule has 2 aromatic carbocycles. The highest BCUT2D eigenvalue weighted by molar-refractivity contribution is 6.31. The monoisotopic (exact) mass is 610 g/mol. The molecule has 0 saturated heterocycles. The first kappa shape index (κ1) is 30.1. The summed E-state index contributed by atoms with van der Waals surface area (Å²) in [6.45, 7) is 1.56. The van der Waals surface area contributed by atoms with E-state index in [-0.39, 0.29) is 35.5 Å². The number of nitrogens with zero attached hydrogens (tertiary/aromatic N) is 2. The molecule has 2 bridgehead atoms. The molecule has 3 amide bonds. The van der Waals surface area contributed by atoms with E-state index in [1.807, 2.05) is 6.07 Å². The molecule has 43 heavy (non-hydrogen) atoms. The number of ether oxygens (including phenoxy) is 1. The summed E-state index contributed by atoms with van der Waals surface area (Å²) >= 11 is 5.88. The van der Waals surface area contributed by atoms with Crippen molar-refractivity contribution in [2.45, 2.75) is 44.2 Å². The molecular weight excluding hydrogens is 582 g/mol. The molecule has 3 heterocycles. The Bertz CT molecular complexity index is 1640. The number of aromatic nitrogens is 1. The van der Waals surface area contributed by atoms with Crippen LogP contribution in [0.4, 0.5) is 25.0 Å². The summed E-state index contributed by atoms with van der Waals surface area (Å²) in [5.41, 5.74) is 0.642. The van der Waals surface area contributed by atoms with Gasteiger partial charge < -0.3 is 20.1 Å². The first-order chi connectivity index (χ1) is 20.5. The minimum absolute atomic E-state index is 0.0759. The first-order valence-electron chi connectivity index (χ1n) is 13.6. The van der Waals surface area contributed by atoms with Crippen molar-refractivity contribution < 1.29 is 33.0 Å². The molecule has 2 aliphatic heterocycles. The fourth-order valence-corrected chi connectivity index (χ4v) is 5.56. The molecule has 0 aliphatic carbocycles. The standard InChI is InChI=1S/C31H29ClF2N4O5/c1-31(42)11-3-4-25(38-13-10-18(15-26(38)39)27-22(33)8-7-21(32)28(27)34)24-14-17(9-12-35-24)20-6-5-19(36-30(41)43-2)16-23(20)37-29(31)40/h5-9,12,14-16,25,42H,3-4,10-11,13H2,1-2H3,(H,36,41)(H,37,40)/t25-,31-/m0/s1. The molecule has 3 N–H and O–H groups in total. The van der Waals surface area contributed by atoms with Crippen LogP contribution in [0.2, 0.25) is 5.02 Å². The van der Waals surface area contributed by atoms with Crippen LogP contribution in [-0.2, 0) is 14.3 Å². The number of halogens is 3. The molecule has 12 heteroatoms. The molecule has 5 rings (SSSR count). The highest BCUT2D eigenvalue weighted by Gasteiger charge is 2.34. The Hall–Kier alpha value is -4.35. The summed E-state index contributed by atoms with van der Waals surface area (Å²) in [5.74, 6) is -2.81. The van der Waals surface area contributed by atoms with Gasteiger partial charge in [-0.2, -0.15) is 0 Å². The maximum Gasteiger partial charge on any atom is 0.411 e. The second-order valence-electron chi connectivity index (χ2n) is 10.7. The quantitative estimate of drug-likeness (QED) is 0.309. The maximum atomic E-state index is 14.7. The van der Waals surface area contributed by atoms with E-state index in [4.69, 9.17) is 11.6 Å². The maximum absolute atomic E-state index is 14.7. The first-order valence-corrected chi connectivity index (χ1v) is 14.0. The van der Waals surface area contributed by atoms with Gasteiger partial charge in [0.1, 0.15) is 11.4 Å². The van der Waals surface area contributed by atoms with Gasteiger partial charge in [0.15, 0.2) is 5.82 Å². The van der Waals surface area contributed by atoms with Gasteiger partial charge >= 0.3 is 6.09 Å². The summed E-state index contributed by atoms with van der Waals surface area (Å²) in [4.78, 5) is 44.6. The number of fused-ring (bicyclic) bond motifs is 4. The summed E-state index contributed by atoms with van der Waals surface area (Å²) in [6, 6.07) is 10.1. The van der Waals surface area contributed by atoms with Gasteiger partial charge in [0.25, 0.3) is 5.91 Å². The predicted molar refractivity (Wildman–Crippen MR) is 157 cm³/mol. The van der Waals surface area contributed by atoms with Crippen molar-refractivity contribution in [3.8, 4) is 11.1 Å². The molecule has 2 aliphatic rings. The average Bonchev–Trinajstić information content (AvgIpc) is 2.97. The average molecular weight is 611 g/mol. The Morgan fingerprint density at radius 3 is 2.74 bits per heavy atom. The van der Waals surface area contributed by atoms with E-state index in [0.29, 0.717) is 41.0 Å². The van der Waals surface area contributed by atoms with E-state index in [9.17, 15) is 28.3 Å². The number of aliphatic hydroxyl groups is 1. The minimum Gasteiger partial charge on any atom is -0.453 e. The van der Waals surface area contributed by atoms with Crippen LogP contribution in [0.1, 0.15) is 49.9 Å². The van der Waals surface area contributed by atoms with Gasteiger partial charge in [-0.1, -0.05) is 17.7 Å². The normalized spacial score (nSPS) is 20.7. The lowest BCUT2D eigenvalue weighted by molar-refractivity contribution is -0.133. The number of methoxy groups -OCH3 is 1. The number of hydrogen-bond acceptors (Lipinski definition) is 6. The Morgan fingerprint density at radius 1 is 1.21 bits per heavy atom. The van der Waals surface area contributed by atoms with Gasteiger partial charge in [-0.3, -0.25) is 19.9 Å². The van der Waals surface area contributed by atoms with Crippen molar-refractivity contribution in [2.24, 2.45) is 0 Å². The summed E-state index contributed by atoms with van der Waals surface area (Å²) in [5, 5.41) is 16.2. The lowest BCUT2D eigenvalue weighted by Crippen LogP contribution is -2.41. The topological polar surface area (TPSA) is 121 Å². The van der Waals surface area contributed by atoms with Gasteiger partial charge in [0, 0.05) is 30.1 Å². The van der Waals surface area contributed by atoms with Crippen molar-refractivity contribution in [1.82, 2.24) is 9.88 Å². The van der Waals surface area contributed by atoms with Crippen LogP contribution in [0.25, 0.3) is 16.7 Å². The van der Waals surface area contributed by atoms with E-state index < -0.39 is 41.2 Å². The van der Waals surface area contributed by atoms with Gasteiger partial charge in [-0.25, -0.2) is 13.6 Å². The third kappa shape index (κ3) is 6.23. The number of carbonyl (C=O) groups excluding carboxylic acids is 3. The van der Waals surface area contributed by atoms with Crippen LogP contribution in [0, 0.1) is 11.6 Å². The zero-order valence-corrected chi connectivity index (χ0v) is 24.2. The Kier molecular flexibility index (Phi) is 8.48. The zero-order chi connectivity index (χ0) is 30.9. The Morgan fingerprint density at radius 2 is 2.00 bits per heavy atom. The van der Waals surface area contributed by atoms with E-state index in [1.54, 1.807) is 35.4 Å². The summed E-state index contributed by atoms with van der Waals surface area (Å²) < 4.78 is 33.9. The van der Waals surface area contributed by atoms with E-state index in [2.05, 4.69) is 20.4 Å². The molecule has 0 fully saturated rings. The lowest BCUT2D eigenvalue weighted by Gasteiger charge is -2.35. The van der Waals surface area contributed by atoms with Gasteiger partial charge in [0.2, 0.25) is 5.91 Å². The number of benzene rings is 2. The van der Waals surface area contributed by atoms with Crippen molar-refractivity contribution in [2.75, 3.05) is 24.3 Å². The smallest absolute Gasteiger partial charge is 0.411 e. The number of hydrogen-bond donors (Lipinski definition) is 3. The molecular formula is C31H29ClF2N4O5. The number of anilines is 2. The summed E-state index contributed by atoms with van der Waals surface area (Å²) in [6.07, 6.45) is 3.09. The Labute approximate surface area is 251 Å². The van der Waals surface area contributed by atoms with E-state index >= 15 is 0 Å². The van der Waals surface area contributed by atoms with Crippen LogP contribution < -0.4 is 10.6 Å². The van der Waals surface area contributed by atoms with Crippen LogP contribution >= 0.6 is 11.6 Å². The van der Waals surface area contributed by atoms with Crippen LogP contribution in [0.3, 0.4) is 0 Å². The van der Waals surface area contributed by atoms with Crippen molar-refractivity contribution in [3.05, 3.63) is 82.7 Å². The Balaban J connectivity index is 1.54. The zero-order valence-electron chi connectivity index (χ0n) is 23.4. The van der Waals surface area contributed by atoms with E-state index in [0.717, 1.165) is 12.1 Å². The third-order valence-electron chi connectivity index (χ3n) is 7.71. The predicted octanol–water partition coefficient (Wildman–Crippen LogP) is 6.09. The highest BCUT2D eigenvalue weighted by atomic mass is 35.5. The van der Waals surface area contributed by atoms with Crippen LogP contribution in [0.15, 0.2) is 54.7 Å². The van der Waals surface area contributed by atoms with Crippen molar-refractivity contribution in [1.29, 1.82) is 0 Å². The fraction of sp³-hybridized carbons (Fsp3) is 0.290. The largest absolute Gasteiger partial charge is 0.453 e. The second-order valence-corrected chi connectivity index (χ2v) is 11.1.